The Labute approximate surface area is 140 Å². The topological polar surface area (TPSA) is 44.1 Å². The molecule has 3 nitrogen and oxygen atoms in total. The Morgan fingerprint density at radius 1 is 1.17 bits per heavy atom. The fraction of sp³-hybridized carbons (Fsp3) is 0.263. The van der Waals surface area contributed by atoms with Gasteiger partial charge in [0, 0.05) is 18.0 Å². The van der Waals surface area contributed by atoms with Crippen LogP contribution in [0.1, 0.15) is 23.1 Å². The zero-order valence-corrected chi connectivity index (χ0v) is 13.7. The molecule has 116 valence electrons. The number of fused-ring (bicyclic) bond motifs is 1. The van der Waals surface area contributed by atoms with Crippen molar-refractivity contribution < 1.29 is 4.79 Å². The third-order valence-electron chi connectivity index (χ3n) is 3.99. The maximum atomic E-state index is 12.5. The SMILES string of the molecule is N#Cc1ccc(CSCC(=O)N2CCCc3ccccc32)cc1. The highest BCUT2D eigenvalue weighted by atomic mass is 32.2. The molecule has 2 aromatic rings. The fourth-order valence-electron chi connectivity index (χ4n) is 2.80. The van der Waals surface area contributed by atoms with E-state index < -0.39 is 0 Å². The van der Waals surface area contributed by atoms with Gasteiger partial charge in [-0.15, -0.1) is 11.8 Å². The summed E-state index contributed by atoms with van der Waals surface area (Å²) in [5.74, 6) is 1.44. The summed E-state index contributed by atoms with van der Waals surface area (Å²) in [5.41, 5.74) is 4.15. The summed E-state index contributed by atoms with van der Waals surface area (Å²) in [5, 5.41) is 8.80. The first-order chi connectivity index (χ1) is 11.3. The van der Waals surface area contributed by atoms with Crippen molar-refractivity contribution in [2.75, 3.05) is 17.2 Å². The number of nitriles is 1. The van der Waals surface area contributed by atoms with Crippen LogP contribution in [0.25, 0.3) is 0 Å². The lowest BCUT2D eigenvalue weighted by atomic mass is 10.0. The first-order valence-corrected chi connectivity index (χ1v) is 8.88. The Morgan fingerprint density at radius 2 is 1.96 bits per heavy atom. The largest absolute Gasteiger partial charge is 0.311 e. The van der Waals surface area contributed by atoms with Gasteiger partial charge in [-0.1, -0.05) is 30.3 Å². The molecule has 0 aromatic heterocycles. The maximum absolute atomic E-state index is 12.5. The van der Waals surface area contributed by atoms with E-state index in [4.69, 9.17) is 5.26 Å². The molecule has 1 heterocycles. The normalized spacial score (nSPS) is 13.3. The Bertz CT molecular complexity index is 734. The molecule has 0 saturated heterocycles. The van der Waals surface area contributed by atoms with E-state index in [-0.39, 0.29) is 5.91 Å². The summed E-state index contributed by atoms with van der Waals surface area (Å²) in [6.07, 6.45) is 2.08. The first-order valence-electron chi connectivity index (χ1n) is 7.73. The van der Waals surface area contributed by atoms with Gasteiger partial charge in [0.25, 0.3) is 0 Å². The second kappa shape index (κ2) is 7.34. The van der Waals surface area contributed by atoms with Crippen LogP contribution in [-0.4, -0.2) is 18.2 Å². The van der Waals surface area contributed by atoms with Crippen LogP contribution in [0.3, 0.4) is 0 Å². The van der Waals surface area contributed by atoms with E-state index in [2.05, 4.69) is 12.1 Å². The minimum absolute atomic E-state index is 0.177. The van der Waals surface area contributed by atoms with Gasteiger partial charge in [0.2, 0.25) is 5.91 Å². The molecular weight excluding hydrogens is 304 g/mol. The lowest BCUT2D eigenvalue weighted by Gasteiger charge is -2.29. The second-order valence-electron chi connectivity index (χ2n) is 5.58. The standard InChI is InChI=1S/C19H18N2OS/c20-12-15-7-9-16(10-8-15)13-23-14-19(22)21-11-3-5-17-4-1-2-6-18(17)21/h1-2,4,6-10H,3,5,11,13-14H2. The van der Waals surface area contributed by atoms with Crippen molar-refractivity contribution in [1.82, 2.24) is 0 Å². The number of benzene rings is 2. The summed E-state index contributed by atoms with van der Waals surface area (Å²) in [6.45, 7) is 0.813. The van der Waals surface area contributed by atoms with E-state index in [0.29, 0.717) is 11.3 Å². The summed E-state index contributed by atoms with van der Waals surface area (Å²) >= 11 is 1.62. The molecule has 4 heteroatoms. The molecule has 0 aliphatic carbocycles. The number of carbonyl (C=O) groups excluding carboxylic acids is 1. The van der Waals surface area contributed by atoms with Gasteiger partial charge >= 0.3 is 0 Å². The molecule has 1 amide bonds. The van der Waals surface area contributed by atoms with E-state index in [9.17, 15) is 4.79 Å². The van der Waals surface area contributed by atoms with Gasteiger partial charge in [0.05, 0.1) is 17.4 Å². The van der Waals surface area contributed by atoms with Crippen molar-refractivity contribution in [3.63, 3.8) is 0 Å². The van der Waals surface area contributed by atoms with Gasteiger partial charge in [0.15, 0.2) is 0 Å². The molecule has 1 aliphatic heterocycles. The summed E-state index contributed by atoms with van der Waals surface area (Å²) in [4.78, 5) is 14.4. The van der Waals surface area contributed by atoms with Crippen LogP contribution >= 0.6 is 11.8 Å². The van der Waals surface area contributed by atoms with Crippen molar-refractivity contribution in [2.24, 2.45) is 0 Å². The predicted octanol–water partition coefficient (Wildman–Crippen LogP) is 3.77. The number of rotatable bonds is 4. The number of carbonyl (C=O) groups is 1. The van der Waals surface area contributed by atoms with Crippen LogP contribution in [-0.2, 0) is 17.0 Å². The Balaban J connectivity index is 1.57. The van der Waals surface area contributed by atoms with Crippen molar-refractivity contribution in [1.29, 1.82) is 5.26 Å². The van der Waals surface area contributed by atoms with Gasteiger partial charge in [-0.2, -0.15) is 5.26 Å². The number of anilines is 1. The van der Waals surface area contributed by atoms with Crippen LogP contribution in [0.15, 0.2) is 48.5 Å². The van der Waals surface area contributed by atoms with Crippen molar-refractivity contribution >= 4 is 23.4 Å². The molecule has 2 aromatic carbocycles. The molecule has 23 heavy (non-hydrogen) atoms. The Morgan fingerprint density at radius 3 is 2.74 bits per heavy atom. The number of hydrogen-bond donors (Lipinski definition) is 0. The molecule has 0 bridgehead atoms. The molecule has 0 saturated carbocycles. The van der Waals surface area contributed by atoms with E-state index in [1.54, 1.807) is 11.8 Å². The molecule has 0 spiro atoms. The molecule has 0 N–H and O–H groups in total. The zero-order valence-electron chi connectivity index (χ0n) is 12.9. The molecule has 0 radical (unpaired) electrons. The van der Waals surface area contributed by atoms with Crippen LogP contribution in [0.4, 0.5) is 5.69 Å². The highest BCUT2D eigenvalue weighted by molar-refractivity contribution is 7.99. The number of hydrogen-bond acceptors (Lipinski definition) is 3. The Hall–Kier alpha value is -2.25. The fourth-order valence-corrected chi connectivity index (χ4v) is 3.66. The van der Waals surface area contributed by atoms with Crippen LogP contribution < -0.4 is 4.90 Å². The second-order valence-corrected chi connectivity index (χ2v) is 6.56. The summed E-state index contributed by atoms with van der Waals surface area (Å²) in [7, 11) is 0. The van der Waals surface area contributed by atoms with Crippen molar-refractivity contribution in [2.45, 2.75) is 18.6 Å². The van der Waals surface area contributed by atoms with Gasteiger partial charge in [-0.25, -0.2) is 0 Å². The van der Waals surface area contributed by atoms with Crippen LogP contribution in [0, 0.1) is 11.3 Å². The lowest BCUT2D eigenvalue weighted by molar-refractivity contribution is -0.116. The van der Waals surface area contributed by atoms with Gasteiger partial charge in [0.1, 0.15) is 0 Å². The van der Waals surface area contributed by atoms with Gasteiger partial charge in [-0.3, -0.25) is 4.79 Å². The quantitative estimate of drug-likeness (QED) is 0.860. The molecule has 0 atom stereocenters. The number of aryl methyl sites for hydroxylation is 1. The van der Waals surface area contributed by atoms with Crippen LogP contribution in [0.5, 0.6) is 0 Å². The minimum Gasteiger partial charge on any atom is -0.311 e. The molecule has 0 fully saturated rings. The van der Waals surface area contributed by atoms with E-state index in [0.717, 1.165) is 36.4 Å². The first kappa shape index (κ1) is 15.6. The maximum Gasteiger partial charge on any atom is 0.236 e. The van der Waals surface area contributed by atoms with Crippen molar-refractivity contribution in [3.8, 4) is 6.07 Å². The molecule has 1 aliphatic rings. The highest BCUT2D eigenvalue weighted by Crippen LogP contribution is 2.27. The van der Waals surface area contributed by atoms with E-state index in [1.165, 1.54) is 5.56 Å². The Kier molecular flexibility index (Phi) is 4.99. The monoisotopic (exact) mass is 322 g/mol. The summed E-state index contributed by atoms with van der Waals surface area (Å²) in [6, 6.07) is 17.8. The molecule has 0 unspecified atom stereocenters. The number of amides is 1. The third-order valence-corrected chi connectivity index (χ3v) is 4.98. The lowest BCUT2D eigenvalue weighted by Crippen LogP contribution is -2.36. The average molecular weight is 322 g/mol. The van der Waals surface area contributed by atoms with Crippen LogP contribution in [0.2, 0.25) is 0 Å². The molecule has 3 rings (SSSR count). The minimum atomic E-state index is 0.177. The number of para-hydroxylation sites is 1. The van der Waals surface area contributed by atoms with Gasteiger partial charge < -0.3 is 4.90 Å². The van der Waals surface area contributed by atoms with Gasteiger partial charge in [-0.05, 0) is 42.2 Å². The smallest absolute Gasteiger partial charge is 0.236 e. The zero-order chi connectivity index (χ0) is 16.1. The summed E-state index contributed by atoms with van der Waals surface area (Å²) < 4.78 is 0. The number of thioether (sulfide) groups is 1. The van der Waals surface area contributed by atoms with E-state index >= 15 is 0 Å². The highest BCUT2D eigenvalue weighted by Gasteiger charge is 2.21. The third kappa shape index (κ3) is 3.75. The van der Waals surface area contributed by atoms with Crippen molar-refractivity contribution in [3.05, 3.63) is 65.2 Å². The average Bonchev–Trinajstić information content (AvgIpc) is 2.61. The van der Waals surface area contributed by atoms with E-state index in [1.807, 2.05) is 47.4 Å². The predicted molar refractivity (Wildman–Crippen MR) is 94.4 cm³/mol. The molecular formula is C19H18N2OS. The number of nitrogens with zero attached hydrogens (tertiary/aromatic N) is 2.